The van der Waals surface area contributed by atoms with Gasteiger partial charge in [0.15, 0.2) is 6.23 Å². The zero-order valence-electron chi connectivity index (χ0n) is 13.4. The van der Waals surface area contributed by atoms with Gasteiger partial charge in [-0.1, -0.05) is 5.92 Å². The molecule has 0 aromatic carbocycles. The number of amides is 1. The monoisotopic (exact) mass is 352 g/mol. The van der Waals surface area contributed by atoms with Gasteiger partial charge in [-0.2, -0.15) is 4.98 Å². The third-order valence-electron chi connectivity index (χ3n) is 4.45. The van der Waals surface area contributed by atoms with Crippen LogP contribution in [0, 0.1) is 11.8 Å². The molecule has 1 saturated heterocycles. The topological polar surface area (TPSA) is 164 Å². The molecule has 2 heterocycles. The first-order valence-corrected chi connectivity index (χ1v) is 7.99. The fraction of sp³-hybridized carbons (Fsp3) is 0.667. The Kier molecular flexibility index (Phi) is 4.77. The Morgan fingerprint density at radius 3 is 2.60 bits per heavy atom. The average molecular weight is 352 g/mol. The van der Waals surface area contributed by atoms with Gasteiger partial charge in [0.05, 0.1) is 6.61 Å². The van der Waals surface area contributed by atoms with Crippen LogP contribution in [0.3, 0.4) is 0 Å². The minimum atomic E-state index is -1.41. The van der Waals surface area contributed by atoms with Gasteiger partial charge in [0, 0.05) is 0 Å². The Morgan fingerprint density at radius 2 is 2.04 bits per heavy atom. The standard InChI is InChI=1S/C15H20N4O6/c16-12(23)13-17-9(3-6-15(24)4-1-2-5-15)19(18-13)14-11(22)10(21)8(7-20)25-14/h8,10-11,14,20-22,24H,1-2,4-5,7H2,(H2,16,23)/t8-,10-,11-,14-/m1/s1. The van der Waals surface area contributed by atoms with Crippen molar-refractivity contribution in [2.45, 2.75) is 55.8 Å². The van der Waals surface area contributed by atoms with E-state index in [0.29, 0.717) is 12.8 Å². The molecule has 2 aliphatic rings. The SMILES string of the molecule is NC(=O)c1nc(C#CC2(O)CCCC2)n([C@@H]2O[C@H](CO)[C@@H](O)[C@H]2O)n1. The van der Waals surface area contributed by atoms with Gasteiger partial charge in [0.25, 0.3) is 5.91 Å². The van der Waals surface area contributed by atoms with E-state index in [2.05, 4.69) is 21.9 Å². The zero-order valence-corrected chi connectivity index (χ0v) is 13.4. The summed E-state index contributed by atoms with van der Waals surface area (Å²) >= 11 is 0. The number of nitrogens with two attached hydrogens (primary N) is 1. The summed E-state index contributed by atoms with van der Waals surface area (Å²) in [5, 5.41) is 43.4. The van der Waals surface area contributed by atoms with Crippen LogP contribution in [0.15, 0.2) is 0 Å². The molecule has 3 rings (SSSR count). The Labute approximate surface area is 143 Å². The number of carbonyl (C=O) groups excluding carboxylic acids is 1. The molecular formula is C15H20N4O6. The molecule has 136 valence electrons. The molecule has 1 aliphatic heterocycles. The van der Waals surface area contributed by atoms with E-state index in [1.165, 1.54) is 0 Å². The molecule has 2 fully saturated rings. The van der Waals surface area contributed by atoms with Crippen LogP contribution in [0.25, 0.3) is 0 Å². The third kappa shape index (κ3) is 3.37. The number of aromatic nitrogens is 3. The summed E-state index contributed by atoms with van der Waals surface area (Å²) in [7, 11) is 0. The number of rotatable bonds is 3. The molecule has 1 saturated carbocycles. The Bertz CT molecular complexity index is 717. The quantitative estimate of drug-likeness (QED) is 0.377. The van der Waals surface area contributed by atoms with Gasteiger partial charge in [-0.25, -0.2) is 4.68 Å². The normalized spacial score (nSPS) is 30.9. The minimum absolute atomic E-state index is 0.0380. The smallest absolute Gasteiger partial charge is 0.288 e. The van der Waals surface area contributed by atoms with Crippen molar-refractivity contribution < 1.29 is 30.0 Å². The number of ether oxygens (including phenoxy) is 1. The van der Waals surface area contributed by atoms with Gasteiger partial charge in [-0.3, -0.25) is 4.79 Å². The first kappa shape index (κ1) is 17.8. The van der Waals surface area contributed by atoms with Gasteiger partial charge in [0.2, 0.25) is 11.6 Å². The summed E-state index contributed by atoms with van der Waals surface area (Å²) in [6.07, 6.45) is -2.17. The van der Waals surface area contributed by atoms with Crippen LogP contribution in [0.2, 0.25) is 0 Å². The molecule has 4 atom stereocenters. The highest BCUT2D eigenvalue weighted by Crippen LogP contribution is 2.30. The second-order valence-electron chi connectivity index (χ2n) is 6.29. The van der Waals surface area contributed by atoms with Crippen molar-refractivity contribution >= 4 is 5.91 Å². The van der Waals surface area contributed by atoms with Crippen LogP contribution in [-0.4, -0.2) is 71.6 Å². The summed E-state index contributed by atoms with van der Waals surface area (Å²) in [5.74, 6) is 4.12. The van der Waals surface area contributed by atoms with Crippen molar-refractivity contribution in [2.75, 3.05) is 6.61 Å². The Hall–Kier alpha value is -2.03. The molecule has 1 aromatic heterocycles. The second kappa shape index (κ2) is 6.70. The summed E-state index contributed by atoms with van der Waals surface area (Å²) in [6.45, 7) is -0.507. The van der Waals surface area contributed by atoms with E-state index in [9.17, 15) is 25.2 Å². The van der Waals surface area contributed by atoms with Gasteiger partial charge in [-0.05, 0) is 31.6 Å². The fourth-order valence-corrected chi connectivity index (χ4v) is 3.03. The molecule has 6 N–H and O–H groups in total. The number of carbonyl (C=O) groups is 1. The molecule has 0 spiro atoms. The molecule has 0 radical (unpaired) electrons. The fourth-order valence-electron chi connectivity index (χ4n) is 3.03. The first-order chi connectivity index (χ1) is 11.8. The number of aliphatic hydroxyl groups is 4. The van der Waals surface area contributed by atoms with Crippen molar-refractivity contribution in [3.8, 4) is 11.8 Å². The second-order valence-corrected chi connectivity index (χ2v) is 6.29. The zero-order chi connectivity index (χ0) is 18.2. The summed E-state index contributed by atoms with van der Waals surface area (Å²) in [5.41, 5.74) is 4.05. The van der Waals surface area contributed by atoms with Gasteiger partial charge >= 0.3 is 0 Å². The maximum Gasteiger partial charge on any atom is 0.288 e. The van der Waals surface area contributed by atoms with Crippen LogP contribution >= 0.6 is 0 Å². The number of aliphatic hydroxyl groups excluding tert-OH is 3. The molecule has 0 bridgehead atoms. The van der Waals surface area contributed by atoms with Crippen molar-refractivity contribution in [3.05, 3.63) is 11.6 Å². The van der Waals surface area contributed by atoms with Crippen molar-refractivity contribution in [1.82, 2.24) is 14.8 Å². The highest BCUT2D eigenvalue weighted by atomic mass is 16.6. The molecule has 1 aliphatic carbocycles. The maximum absolute atomic E-state index is 11.4. The van der Waals surface area contributed by atoms with E-state index in [4.69, 9.17) is 10.5 Å². The van der Waals surface area contributed by atoms with Crippen molar-refractivity contribution in [3.63, 3.8) is 0 Å². The van der Waals surface area contributed by atoms with E-state index in [1.54, 1.807) is 0 Å². The molecule has 0 unspecified atom stereocenters. The van der Waals surface area contributed by atoms with Gasteiger partial charge in [-0.15, -0.1) is 5.10 Å². The molecule has 25 heavy (non-hydrogen) atoms. The predicted molar refractivity (Wildman–Crippen MR) is 81.8 cm³/mol. The lowest BCUT2D eigenvalue weighted by Crippen LogP contribution is -2.33. The van der Waals surface area contributed by atoms with E-state index in [-0.39, 0.29) is 11.6 Å². The van der Waals surface area contributed by atoms with E-state index < -0.39 is 42.7 Å². The van der Waals surface area contributed by atoms with E-state index in [0.717, 1.165) is 17.5 Å². The number of nitrogens with zero attached hydrogens (tertiary/aromatic N) is 3. The van der Waals surface area contributed by atoms with Crippen LogP contribution in [-0.2, 0) is 4.74 Å². The van der Waals surface area contributed by atoms with Crippen LogP contribution in [0.1, 0.15) is 48.4 Å². The van der Waals surface area contributed by atoms with Crippen LogP contribution in [0.4, 0.5) is 0 Å². The predicted octanol–water partition coefficient (Wildman–Crippen LogP) is -2.35. The average Bonchev–Trinajstić information content (AvgIpc) is 3.26. The van der Waals surface area contributed by atoms with Gasteiger partial charge in [0.1, 0.15) is 23.9 Å². The van der Waals surface area contributed by atoms with Gasteiger partial charge < -0.3 is 30.9 Å². The Morgan fingerprint density at radius 1 is 1.36 bits per heavy atom. The molecule has 10 heteroatoms. The lowest BCUT2D eigenvalue weighted by Gasteiger charge is -2.16. The van der Waals surface area contributed by atoms with E-state index >= 15 is 0 Å². The molecule has 10 nitrogen and oxygen atoms in total. The third-order valence-corrected chi connectivity index (χ3v) is 4.45. The number of primary amides is 1. The molecular weight excluding hydrogens is 332 g/mol. The van der Waals surface area contributed by atoms with Crippen LogP contribution < -0.4 is 5.73 Å². The summed E-state index contributed by atoms with van der Waals surface area (Å²) < 4.78 is 6.42. The molecule has 1 amide bonds. The largest absolute Gasteiger partial charge is 0.394 e. The van der Waals surface area contributed by atoms with Crippen molar-refractivity contribution in [1.29, 1.82) is 0 Å². The molecule has 1 aromatic rings. The lowest BCUT2D eigenvalue weighted by atomic mass is 10.0. The van der Waals surface area contributed by atoms with Crippen molar-refractivity contribution in [2.24, 2.45) is 5.73 Å². The number of hydrogen-bond acceptors (Lipinski definition) is 8. The lowest BCUT2D eigenvalue weighted by molar-refractivity contribution is -0.0592. The van der Waals surface area contributed by atoms with Crippen LogP contribution in [0.5, 0.6) is 0 Å². The first-order valence-electron chi connectivity index (χ1n) is 7.99. The highest BCUT2D eigenvalue weighted by Gasteiger charge is 2.45. The Balaban J connectivity index is 1.96. The van der Waals surface area contributed by atoms with E-state index in [1.807, 2.05) is 0 Å². The summed E-state index contributed by atoms with van der Waals surface area (Å²) in [4.78, 5) is 15.3. The highest BCUT2D eigenvalue weighted by molar-refractivity contribution is 5.88. The maximum atomic E-state index is 11.4. The minimum Gasteiger partial charge on any atom is -0.394 e. The summed E-state index contributed by atoms with van der Waals surface area (Å²) in [6, 6.07) is 0. The number of hydrogen-bond donors (Lipinski definition) is 5.